The van der Waals surface area contributed by atoms with Crippen LogP contribution >= 0.6 is 7.60 Å². The van der Waals surface area contributed by atoms with Gasteiger partial charge in [0.05, 0.1) is 12.3 Å². The Hall–Kier alpha value is -2.16. The van der Waals surface area contributed by atoms with Crippen LogP contribution < -0.4 is 15.4 Å². The van der Waals surface area contributed by atoms with Gasteiger partial charge in [-0.15, -0.1) is 12.3 Å². The quantitative estimate of drug-likeness (QED) is 0.159. The molecule has 0 unspecified atom stereocenters. The van der Waals surface area contributed by atoms with Crippen molar-refractivity contribution < 1.29 is 43.9 Å². The van der Waals surface area contributed by atoms with Gasteiger partial charge in [0.1, 0.15) is 24.1 Å². The van der Waals surface area contributed by atoms with E-state index in [1.54, 1.807) is 0 Å². The van der Waals surface area contributed by atoms with Gasteiger partial charge in [-0.25, -0.2) is 4.79 Å². The average molecular weight is 444 g/mol. The van der Waals surface area contributed by atoms with Crippen molar-refractivity contribution >= 4 is 19.3 Å². The van der Waals surface area contributed by atoms with Crippen LogP contribution in [-0.2, 0) is 9.30 Å². The van der Waals surface area contributed by atoms with E-state index in [4.69, 9.17) is 25.7 Å². The maximum atomic E-state index is 11.7. The predicted octanol–water partition coefficient (Wildman–Crippen LogP) is -0.414. The van der Waals surface area contributed by atoms with Gasteiger partial charge < -0.3 is 45.2 Å². The highest BCUT2D eigenvalue weighted by Gasteiger charge is 2.45. The Kier molecular flexibility index (Phi) is 8.64. The molecule has 2 amide bonds. The van der Waals surface area contributed by atoms with Gasteiger partial charge in [0.2, 0.25) is 6.29 Å². The highest BCUT2D eigenvalue weighted by atomic mass is 31.2. The van der Waals surface area contributed by atoms with Gasteiger partial charge in [-0.1, -0.05) is 0 Å². The number of carbonyl (C=O) groups is 1. The van der Waals surface area contributed by atoms with Crippen LogP contribution in [0.15, 0.2) is 24.3 Å². The molecule has 1 aromatic carbocycles. The molecule has 1 aliphatic rings. The molecule has 5 atom stereocenters. The van der Waals surface area contributed by atoms with E-state index in [1.807, 2.05) is 0 Å². The minimum Gasteiger partial charge on any atom is -0.462 e. The standard InChI is InChI=1S/C18H25N2O9P/c1-2-3-9-19-18(24)20-11-4-6-12(7-5-11)28-17-16(23)15(22)14(21)13(29-17)8-10-30(25,26)27/h1,4-7,13-17,21-23H,3,8-10H2,(H2,19,20,24)(H2,25,26,27)/t13-,14-,15+,16+,17-/m1/s1. The van der Waals surface area contributed by atoms with Crippen molar-refractivity contribution in [1.29, 1.82) is 0 Å². The summed E-state index contributed by atoms with van der Waals surface area (Å²) in [5, 5.41) is 35.3. The van der Waals surface area contributed by atoms with E-state index in [-0.39, 0.29) is 12.2 Å². The predicted molar refractivity (Wildman–Crippen MR) is 106 cm³/mol. The fraction of sp³-hybridized carbons (Fsp3) is 0.500. The number of rotatable bonds is 8. The first-order valence-corrected chi connectivity index (χ1v) is 10.9. The third-order valence-corrected chi connectivity index (χ3v) is 5.13. The smallest absolute Gasteiger partial charge is 0.325 e. The molecule has 1 heterocycles. The van der Waals surface area contributed by atoms with Gasteiger partial charge in [0.25, 0.3) is 0 Å². The molecule has 30 heavy (non-hydrogen) atoms. The van der Waals surface area contributed by atoms with Crippen LogP contribution in [0.3, 0.4) is 0 Å². The van der Waals surface area contributed by atoms with Gasteiger partial charge in [0.15, 0.2) is 0 Å². The number of nitrogens with one attached hydrogen (secondary N) is 2. The van der Waals surface area contributed by atoms with Crippen LogP contribution in [0.5, 0.6) is 5.75 Å². The van der Waals surface area contributed by atoms with E-state index in [1.165, 1.54) is 24.3 Å². The molecular formula is C18H25N2O9P. The fourth-order valence-corrected chi connectivity index (χ4v) is 3.31. The fourth-order valence-electron chi connectivity index (χ4n) is 2.72. The van der Waals surface area contributed by atoms with Crippen LogP contribution in [0, 0.1) is 12.3 Å². The van der Waals surface area contributed by atoms with Crippen molar-refractivity contribution in [1.82, 2.24) is 5.32 Å². The van der Waals surface area contributed by atoms with Crippen molar-refractivity contribution in [3.8, 4) is 18.1 Å². The lowest BCUT2D eigenvalue weighted by molar-refractivity contribution is -0.272. The SMILES string of the molecule is C#CCCNC(=O)Nc1ccc(O[C@@H]2O[C@H](CCP(=O)(O)O)[C@@H](O)[C@H](O)[C@@H]2O)cc1. The van der Waals surface area contributed by atoms with Gasteiger partial charge in [0, 0.05) is 18.7 Å². The molecule has 12 heteroatoms. The number of benzene rings is 1. The number of hydrogen-bond acceptors (Lipinski definition) is 7. The third-order valence-electron chi connectivity index (χ3n) is 4.29. The van der Waals surface area contributed by atoms with Crippen LogP contribution in [-0.4, -0.2) is 74.6 Å². The van der Waals surface area contributed by atoms with Gasteiger partial charge in [-0.3, -0.25) is 4.57 Å². The summed E-state index contributed by atoms with van der Waals surface area (Å²) in [4.78, 5) is 29.7. The Balaban J connectivity index is 1.95. The molecule has 0 radical (unpaired) electrons. The van der Waals surface area contributed by atoms with Crippen molar-refractivity contribution in [2.24, 2.45) is 0 Å². The summed E-state index contributed by atoms with van der Waals surface area (Å²) >= 11 is 0. The minimum absolute atomic E-state index is 0.231. The first-order chi connectivity index (χ1) is 14.1. The molecule has 0 bridgehead atoms. The average Bonchev–Trinajstić information content (AvgIpc) is 2.68. The van der Waals surface area contributed by atoms with Crippen LogP contribution in [0.1, 0.15) is 12.8 Å². The van der Waals surface area contributed by atoms with Crippen molar-refractivity contribution in [2.75, 3.05) is 18.0 Å². The van der Waals surface area contributed by atoms with E-state index < -0.39 is 50.5 Å². The molecule has 11 nitrogen and oxygen atoms in total. The number of carbonyl (C=O) groups excluding carboxylic acids is 1. The van der Waals surface area contributed by atoms with E-state index in [0.717, 1.165) is 0 Å². The normalized spacial score (nSPS) is 26.5. The second-order valence-electron chi connectivity index (χ2n) is 6.67. The molecule has 0 spiro atoms. The number of hydrogen-bond donors (Lipinski definition) is 7. The Labute approximate surface area is 173 Å². The summed E-state index contributed by atoms with van der Waals surface area (Å²) in [5.41, 5.74) is 0.459. The largest absolute Gasteiger partial charge is 0.462 e. The zero-order chi connectivity index (χ0) is 22.3. The van der Waals surface area contributed by atoms with E-state index in [2.05, 4.69) is 16.6 Å². The lowest BCUT2D eigenvalue weighted by Crippen LogP contribution is -2.59. The minimum atomic E-state index is -4.33. The Bertz CT molecular complexity index is 792. The highest BCUT2D eigenvalue weighted by Crippen LogP contribution is 2.37. The van der Waals surface area contributed by atoms with Crippen molar-refractivity contribution in [3.05, 3.63) is 24.3 Å². The molecule has 1 aliphatic heterocycles. The summed E-state index contributed by atoms with van der Waals surface area (Å²) in [6, 6.07) is 5.59. The number of amides is 2. The maximum Gasteiger partial charge on any atom is 0.325 e. The molecule has 166 valence electrons. The second-order valence-corrected chi connectivity index (χ2v) is 8.45. The number of aliphatic hydroxyl groups excluding tert-OH is 3. The summed E-state index contributed by atoms with van der Waals surface area (Å²) in [5.74, 6) is 2.63. The molecule has 1 saturated heterocycles. The Morgan fingerprint density at radius 2 is 1.83 bits per heavy atom. The summed E-state index contributed by atoms with van der Waals surface area (Å²) < 4.78 is 22.0. The summed E-state index contributed by atoms with van der Waals surface area (Å²) in [7, 11) is -4.33. The molecule has 1 fully saturated rings. The highest BCUT2D eigenvalue weighted by molar-refractivity contribution is 7.51. The molecule has 2 rings (SSSR count). The van der Waals surface area contributed by atoms with E-state index in [0.29, 0.717) is 18.7 Å². The first kappa shape index (κ1) is 24.1. The van der Waals surface area contributed by atoms with E-state index >= 15 is 0 Å². The monoisotopic (exact) mass is 444 g/mol. The third kappa shape index (κ3) is 7.27. The first-order valence-electron chi connectivity index (χ1n) is 9.10. The number of terminal acetylenes is 1. The zero-order valence-corrected chi connectivity index (χ0v) is 16.8. The molecule has 0 aliphatic carbocycles. The lowest BCUT2D eigenvalue weighted by Gasteiger charge is -2.40. The molecule has 7 N–H and O–H groups in total. The van der Waals surface area contributed by atoms with Gasteiger partial charge in [-0.2, -0.15) is 0 Å². The number of ether oxygens (including phenoxy) is 2. The molecule has 1 aromatic rings. The number of anilines is 1. The van der Waals surface area contributed by atoms with Crippen LogP contribution in [0.4, 0.5) is 10.5 Å². The molecule has 0 saturated carbocycles. The van der Waals surface area contributed by atoms with Crippen LogP contribution in [0.2, 0.25) is 0 Å². The molecular weight excluding hydrogens is 419 g/mol. The summed E-state index contributed by atoms with van der Waals surface area (Å²) in [6.45, 7) is 0.331. The van der Waals surface area contributed by atoms with Gasteiger partial charge >= 0.3 is 13.6 Å². The topological polar surface area (TPSA) is 178 Å². The zero-order valence-electron chi connectivity index (χ0n) is 15.9. The van der Waals surface area contributed by atoms with Crippen molar-refractivity contribution in [2.45, 2.75) is 43.5 Å². The lowest BCUT2D eigenvalue weighted by atomic mass is 9.97. The van der Waals surface area contributed by atoms with Gasteiger partial charge in [-0.05, 0) is 30.7 Å². The number of urea groups is 1. The Morgan fingerprint density at radius 3 is 2.43 bits per heavy atom. The maximum absolute atomic E-state index is 11.7. The molecule has 0 aromatic heterocycles. The summed E-state index contributed by atoms with van der Waals surface area (Å²) in [6.07, 6.45) is -2.58. The number of aliphatic hydroxyl groups is 3. The second kappa shape index (κ2) is 10.7. The Morgan fingerprint density at radius 1 is 1.17 bits per heavy atom. The van der Waals surface area contributed by atoms with E-state index in [9.17, 15) is 24.7 Å². The van der Waals surface area contributed by atoms with Crippen molar-refractivity contribution in [3.63, 3.8) is 0 Å². The van der Waals surface area contributed by atoms with Crippen LogP contribution in [0.25, 0.3) is 0 Å².